The molecule has 1 rings (SSSR count). The SMILES string of the molecule is CCOc1c(CNC(C)(C)CO)cccc1OC. The average molecular weight is 253 g/mol. The molecule has 0 aliphatic heterocycles. The molecule has 1 aromatic rings. The standard InChI is InChI=1S/C14H23NO3/c1-5-18-13-11(7-6-8-12(13)17-4)9-15-14(2,3)10-16/h6-8,15-16H,5,9-10H2,1-4H3. The van der Waals surface area contributed by atoms with Crippen LogP contribution in [0.4, 0.5) is 0 Å². The summed E-state index contributed by atoms with van der Waals surface area (Å²) in [6.45, 7) is 7.15. The molecule has 18 heavy (non-hydrogen) atoms. The summed E-state index contributed by atoms with van der Waals surface area (Å²) in [5.74, 6) is 1.50. The second-order valence-electron chi connectivity index (χ2n) is 4.78. The number of rotatable bonds is 7. The van der Waals surface area contributed by atoms with Gasteiger partial charge in [-0.2, -0.15) is 0 Å². The maximum absolute atomic E-state index is 9.23. The lowest BCUT2D eigenvalue weighted by Crippen LogP contribution is -2.42. The fraction of sp³-hybridized carbons (Fsp3) is 0.571. The second kappa shape index (κ2) is 6.61. The van der Waals surface area contributed by atoms with Gasteiger partial charge in [0.25, 0.3) is 0 Å². The molecule has 0 unspecified atom stereocenters. The first kappa shape index (κ1) is 14.8. The molecule has 0 saturated heterocycles. The van der Waals surface area contributed by atoms with Crippen molar-refractivity contribution in [3.8, 4) is 11.5 Å². The van der Waals surface area contributed by atoms with Crippen LogP contribution in [0.1, 0.15) is 26.3 Å². The molecule has 0 aliphatic carbocycles. The van der Waals surface area contributed by atoms with Gasteiger partial charge >= 0.3 is 0 Å². The van der Waals surface area contributed by atoms with E-state index >= 15 is 0 Å². The number of nitrogens with one attached hydrogen (secondary N) is 1. The van der Waals surface area contributed by atoms with Crippen molar-refractivity contribution in [3.05, 3.63) is 23.8 Å². The Hall–Kier alpha value is -1.26. The Labute approximate surface area is 109 Å². The van der Waals surface area contributed by atoms with Gasteiger partial charge in [-0.3, -0.25) is 0 Å². The van der Waals surface area contributed by atoms with Gasteiger partial charge < -0.3 is 19.9 Å². The van der Waals surface area contributed by atoms with Crippen LogP contribution in [0.2, 0.25) is 0 Å². The lowest BCUT2D eigenvalue weighted by molar-refractivity contribution is 0.186. The Morgan fingerprint density at radius 2 is 2.06 bits per heavy atom. The number of aliphatic hydroxyl groups excluding tert-OH is 1. The zero-order chi connectivity index (χ0) is 13.6. The number of para-hydroxylation sites is 1. The smallest absolute Gasteiger partial charge is 0.165 e. The summed E-state index contributed by atoms with van der Waals surface area (Å²) in [5.41, 5.74) is 0.713. The van der Waals surface area contributed by atoms with Crippen LogP contribution in [0.3, 0.4) is 0 Å². The van der Waals surface area contributed by atoms with Crippen molar-refractivity contribution < 1.29 is 14.6 Å². The van der Waals surface area contributed by atoms with Gasteiger partial charge in [0.15, 0.2) is 11.5 Å². The third-order valence-corrected chi connectivity index (χ3v) is 2.72. The number of methoxy groups -OCH3 is 1. The Kier molecular flexibility index (Phi) is 5.44. The van der Waals surface area contributed by atoms with Crippen LogP contribution in [0.5, 0.6) is 11.5 Å². The van der Waals surface area contributed by atoms with Crippen LogP contribution in [0, 0.1) is 0 Å². The van der Waals surface area contributed by atoms with Gasteiger partial charge in [-0.05, 0) is 26.8 Å². The molecule has 4 heteroatoms. The summed E-state index contributed by atoms with van der Waals surface area (Å²) >= 11 is 0. The maximum atomic E-state index is 9.23. The van der Waals surface area contributed by atoms with E-state index in [1.54, 1.807) is 7.11 Å². The van der Waals surface area contributed by atoms with E-state index in [1.165, 1.54) is 0 Å². The largest absolute Gasteiger partial charge is 0.493 e. The van der Waals surface area contributed by atoms with E-state index < -0.39 is 0 Å². The van der Waals surface area contributed by atoms with Crippen molar-refractivity contribution in [2.24, 2.45) is 0 Å². The monoisotopic (exact) mass is 253 g/mol. The molecule has 4 nitrogen and oxygen atoms in total. The van der Waals surface area contributed by atoms with Crippen molar-refractivity contribution in [2.75, 3.05) is 20.3 Å². The van der Waals surface area contributed by atoms with Crippen LogP contribution in [0.15, 0.2) is 18.2 Å². The third-order valence-electron chi connectivity index (χ3n) is 2.72. The number of aliphatic hydroxyl groups is 1. The highest BCUT2D eigenvalue weighted by Crippen LogP contribution is 2.31. The van der Waals surface area contributed by atoms with Crippen molar-refractivity contribution >= 4 is 0 Å². The van der Waals surface area contributed by atoms with E-state index in [1.807, 2.05) is 39.0 Å². The molecule has 102 valence electrons. The highest BCUT2D eigenvalue weighted by atomic mass is 16.5. The minimum Gasteiger partial charge on any atom is -0.493 e. The highest BCUT2D eigenvalue weighted by molar-refractivity contribution is 5.46. The number of benzene rings is 1. The summed E-state index contributed by atoms with van der Waals surface area (Å²) in [4.78, 5) is 0. The van der Waals surface area contributed by atoms with E-state index in [9.17, 15) is 5.11 Å². The fourth-order valence-corrected chi connectivity index (χ4v) is 1.56. The van der Waals surface area contributed by atoms with Gasteiger partial charge in [-0.1, -0.05) is 12.1 Å². The first-order valence-corrected chi connectivity index (χ1v) is 6.18. The molecule has 0 aromatic heterocycles. The van der Waals surface area contributed by atoms with E-state index in [-0.39, 0.29) is 12.1 Å². The van der Waals surface area contributed by atoms with E-state index in [2.05, 4.69) is 5.32 Å². The molecule has 0 amide bonds. The van der Waals surface area contributed by atoms with Crippen molar-refractivity contribution in [1.29, 1.82) is 0 Å². The van der Waals surface area contributed by atoms with Gasteiger partial charge in [0.2, 0.25) is 0 Å². The van der Waals surface area contributed by atoms with Crippen molar-refractivity contribution in [1.82, 2.24) is 5.32 Å². The molecule has 0 atom stereocenters. The molecule has 0 spiro atoms. The number of ether oxygens (including phenoxy) is 2. The molecule has 0 fully saturated rings. The van der Waals surface area contributed by atoms with Gasteiger partial charge in [-0.15, -0.1) is 0 Å². The van der Waals surface area contributed by atoms with Gasteiger partial charge in [0.1, 0.15) is 0 Å². The molecule has 0 bridgehead atoms. The predicted octanol–water partition coefficient (Wildman–Crippen LogP) is 1.95. The summed E-state index contributed by atoms with van der Waals surface area (Å²) in [6.07, 6.45) is 0. The molecule has 0 radical (unpaired) electrons. The zero-order valence-electron chi connectivity index (χ0n) is 11.6. The number of hydrogen-bond donors (Lipinski definition) is 2. The molecule has 0 saturated carbocycles. The highest BCUT2D eigenvalue weighted by Gasteiger charge is 2.17. The fourth-order valence-electron chi connectivity index (χ4n) is 1.56. The summed E-state index contributed by atoms with van der Waals surface area (Å²) in [6, 6.07) is 5.81. The quantitative estimate of drug-likeness (QED) is 0.780. The summed E-state index contributed by atoms with van der Waals surface area (Å²) in [7, 11) is 1.63. The Morgan fingerprint density at radius 3 is 2.61 bits per heavy atom. The first-order chi connectivity index (χ1) is 8.54. The topological polar surface area (TPSA) is 50.7 Å². The Bertz CT molecular complexity index is 377. The Morgan fingerprint density at radius 1 is 1.33 bits per heavy atom. The molecule has 0 aliphatic rings. The first-order valence-electron chi connectivity index (χ1n) is 6.18. The van der Waals surface area contributed by atoms with E-state index in [0.717, 1.165) is 17.1 Å². The van der Waals surface area contributed by atoms with Crippen LogP contribution < -0.4 is 14.8 Å². The second-order valence-corrected chi connectivity index (χ2v) is 4.78. The van der Waals surface area contributed by atoms with Crippen LogP contribution in [-0.4, -0.2) is 31.0 Å². The zero-order valence-corrected chi connectivity index (χ0v) is 11.6. The van der Waals surface area contributed by atoms with Gasteiger partial charge in [0.05, 0.1) is 20.3 Å². The molecular formula is C14H23NO3. The summed E-state index contributed by atoms with van der Waals surface area (Å²) < 4.78 is 10.9. The average Bonchev–Trinajstić information content (AvgIpc) is 2.38. The van der Waals surface area contributed by atoms with E-state index in [4.69, 9.17) is 9.47 Å². The van der Waals surface area contributed by atoms with Crippen LogP contribution in [0.25, 0.3) is 0 Å². The van der Waals surface area contributed by atoms with Gasteiger partial charge in [-0.25, -0.2) is 0 Å². The minimum atomic E-state index is -0.313. The van der Waals surface area contributed by atoms with Crippen molar-refractivity contribution in [2.45, 2.75) is 32.9 Å². The Balaban J connectivity index is 2.87. The maximum Gasteiger partial charge on any atom is 0.165 e. The summed E-state index contributed by atoms with van der Waals surface area (Å²) in [5, 5.41) is 12.5. The molecule has 0 heterocycles. The lowest BCUT2D eigenvalue weighted by Gasteiger charge is -2.24. The van der Waals surface area contributed by atoms with E-state index in [0.29, 0.717) is 13.2 Å². The third kappa shape index (κ3) is 3.89. The van der Waals surface area contributed by atoms with Gasteiger partial charge in [0, 0.05) is 17.6 Å². The van der Waals surface area contributed by atoms with Crippen molar-refractivity contribution in [3.63, 3.8) is 0 Å². The van der Waals surface area contributed by atoms with Crippen LogP contribution >= 0.6 is 0 Å². The normalized spacial score (nSPS) is 11.4. The molecule has 1 aromatic carbocycles. The predicted molar refractivity (Wildman–Crippen MR) is 72.2 cm³/mol. The van der Waals surface area contributed by atoms with Crippen LogP contribution in [-0.2, 0) is 6.54 Å². The number of hydrogen-bond acceptors (Lipinski definition) is 4. The molecule has 2 N–H and O–H groups in total. The minimum absolute atomic E-state index is 0.0843. The molecular weight excluding hydrogens is 230 g/mol. The lowest BCUT2D eigenvalue weighted by atomic mass is 10.1.